The molecular formula is C29H42BrF2N3O4SSi2. The van der Waals surface area contributed by atoms with Gasteiger partial charge in [-0.05, 0) is 30.7 Å². The number of halogens is 3. The van der Waals surface area contributed by atoms with Gasteiger partial charge in [0.15, 0.2) is 5.17 Å². The molecule has 1 aliphatic heterocycles. The summed E-state index contributed by atoms with van der Waals surface area (Å²) in [5, 5.41) is 15.9. The standard InChI is InChI=1S/C29H42BrF2N3O4SSi2/c1-27(2,3)24(38-12-13-41(4,5)6)35(26(36)37)25-33-28(17-31,19-14-18(30)10-11-20(19)32)21-16-29(21,40-25)22-15-23(39-34-22)42(7,8)9/h10-11,14-15,21,24H,12-13,16-17H2,1-9H3,(H,36,37)/t21-,24?,28+,29-/m0/s1. The van der Waals surface area contributed by atoms with Crippen LogP contribution in [0.5, 0.6) is 0 Å². The van der Waals surface area contributed by atoms with Gasteiger partial charge in [-0.15, -0.1) is 0 Å². The quantitative estimate of drug-likeness (QED) is 0.211. The van der Waals surface area contributed by atoms with E-state index in [1.807, 2.05) is 26.8 Å². The molecule has 0 saturated heterocycles. The monoisotopic (exact) mass is 701 g/mol. The number of amides is 1. The maximum absolute atomic E-state index is 15.6. The average molecular weight is 703 g/mol. The van der Waals surface area contributed by atoms with Crippen molar-refractivity contribution in [2.45, 2.75) is 89.0 Å². The fourth-order valence-corrected chi connectivity index (χ4v) is 8.93. The first-order chi connectivity index (χ1) is 19.2. The van der Waals surface area contributed by atoms with Gasteiger partial charge in [-0.2, -0.15) is 0 Å². The highest BCUT2D eigenvalue weighted by Crippen LogP contribution is 2.71. The van der Waals surface area contributed by atoms with Gasteiger partial charge in [0.1, 0.15) is 43.4 Å². The Morgan fingerprint density at radius 2 is 1.93 bits per heavy atom. The minimum absolute atomic E-state index is 0.0683. The molecule has 1 unspecified atom stereocenters. The van der Waals surface area contributed by atoms with Crippen LogP contribution in [0.1, 0.15) is 38.4 Å². The Kier molecular flexibility index (Phi) is 9.07. The molecule has 7 nitrogen and oxygen atoms in total. The minimum Gasteiger partial charge on any atom is -0.465 e. The third-order valence-corrected chi connectivity index (χ3v) is 13.3. The fraction of sp³-hybridized carbons (Fsp3) is 0.621. The van der Waals surface area contributed by atoms with Gasteiger partial charge < -0.3 is 14.4 Å². The van der Waals surface area contributed by atoms with Crippen LogP contribution in [0.15, 0.2) is 38.3 Å². The van der Waals surface area contributed by atoms with E-state index in [2.05, 4.69) is 60.4 Å². The first-order valence-corrected chi connectivity index (χ1v) is 23.0. The summed E-state index contributed by atoms with van der Waals surface area (Å²) >= 11 is 4.65. The number of benzene rings is 1. The molecule has 4 atom stereocenters. The van der Waals surface area contributed by atoms with Gasteiger partial charge in [0, 0.05) is 42.1 Å². The van der Waals surface area contributed by atoms with E-state index in [-0.39, 0.29) is 10.7 Å². The Balaban J connectivity index is 1.90. The predicted molar refractivity (Wildman–Crippen MR) is 173 cm³/mol. The Morgan fingerprint density at radius 1 is 1.26 bits per heavy atom. The lowest BCUT2D eigenvalue weighted by Gasteiger charge is -2.42. The number of rotatable bonds is 9. The van der Waals surface area contributed by atoms with Gasteiger partial charge in [-0.25, -0.2) is 23.5 Å². The number of ether oxygens (including phenoxy) is 1. The zero-order valence-corrected chi connectivity index (χ0v) is 30.3. The molecule has 1 fully saturated rings. The Bertz CT molecular complexity index is 1370. The number of carboxylic acid groups (broad SMARTS) is 1. The van der Waals surface area contributed by atoms with Crippen LogP contribution in [0.4, 0.5) is 13.6 Å². The van der Waals surface area contributed by atoms with Gasteiger partial charge in [-0.1, -0.05) is 92.9 Å². The van der Waals surface area contributed by atoms with Gasteiger partial charge in [-0.3, -0.25) is 0 Å². The molecule has 1 aliphatic carbocycles. The van der Waals surface area contributed by atoms with Crippen molar-refractivity contribution in [2.24, 2.45) is 16.3 Å². The Hall–Kier alpha value is -1.55. The highest BCUT2D eigenvalue weighted by Gasteiger charge is 2.71. The molecule has 2 aromatic rings. The van der Waals surface area contributed by atoms with E-state index in [9.17, 15) is 9.90 Å². The lowest BCUT2D eigenvalue weighted by atomic mass is 9.84. The first-order valence-electron chi connectivity index (χ1n) is 14.2. The zero-order chi connectivity index (χ0) is 31.5. The van der Waals surface area contributed by atoms with Gasteiger partial charge in [0.25, 0.3) is 0 Å². The predicted octanol–water partition coefficient (Wildman–Crippen LogP) is 8.01. The molecule has 1 amide bonds. The third-order valence-electron chi connectivity index (χ3n) is 7.85. The first kappa shape index (κ1) is 33.3. The van der Waals surface area contributed by atoms with Crippen molar-refractivity contribution in [1.29, 1.82) is 0 Å². The summed E-state index contributed by atoms with van der Waals surface area (Å²) in [6, 6.07) is 7.14. The highest BCUT2D eigenvalue weighted by molar-refractivity contribution is 9.10. The molecule has 1 aromatic heterocycles. The number of nitrogens with zero attached hydrogens (tertiary/aromatic N) is 3. The highest BCUT2D eigenvalue weighted by atomic mass is 79.9. The summed E-state index contributed by atoms with van der Waals surface area (Å²) in [6.45, 7) is 18.2. The van der Waals surface area contributed by atoms with Crippen LogP contribution in [-0.2, 0) is 15.0 Å². The molecule has 232 valence electrons. The average Bonchev–Trinajstić information content (AvgIpc) is 3.37. The number of hydrogen-bond acceptors (Lipinski definition) is 6. The molecule has 2 heterocycles. The van der Waals surface area contributed by atoms with E-state index in [0.717, 1.165) is 16.3 Å². The lowest BCUT2D eigenvalue weighted by Crippen LogP contribution is -2.53. The van der Waals surface area contributed by atoms with Gasteiger partial charge in [0.05, 0.1) is 4.75 Å². The summed E-state index contributed by atoms with van der Waals surface area (Å²) in [5.74, 6) is -1.07. The van der Waals surface area contributed by atoms with Crippen LogP contribution >= 0.6 is 27.7 Å². The van der Waals surface area contributed by atoms with Crippen molar-refractivity contribution >= 4 is 60.5 Å². The Morgan fingerprint density at radius 3 is 2.45 bits per heavy atom. The molecule has 1 saturated carbocycles. The van der Waals surface area contributed by atoms with Crippen molar-refractivity contribution < 1.29 is 27.9 Å². The molecule has 2 aliphatic rings. The molecular weight excluding hydrogens is 660 g/mol. The van der Waals surface area contributed by atoms with Gasteiger partial charge >= 0.3 is 6.09 Å². The maximum atomic E-state index is 15.6. The molecule has 0 radical (unpaired) electrons. The number of aliphatic imine (C=N–C) groups is 1. The number of fused-ring (bicyclic) bond motifs is 1. The molecule has 1 aromatic carbocycles. The van der Waals surface area contributed by atoms with E-state index in [0.29, 0.717) is 23.2 Å². The molecule has 0 spiro atoms. The van der Waals surface area contributed by atoms with Crippen molar-refractivity contribution in [2.75, 3.05) is 13.3 Å². The maximum Gasteiger partial charge on any atom is 0.415 e. The van der Waals surface area contributed by atoms with Crippen LogP contribution in [0.25, 0.3) is 0 Å². The van der Waals surface area contributed by atoms with Crippen LogP contribution in [0.3, 0.4) is 0 Å². The number of amidine groups is 1. The lowest BCUT2D eigenvalue weighted by molar-refractivity contribution is -0.0761. The van der Waals surface area contributed by atoms with Crippen LogP contribution < -0.4 is 5.38 Å². The summed E-state index contributed by atoms with van der Waals surface area (Å²) in [4.78, 5) is 19.0. The zero-order valence-electron chi connectivity index (χ0n) is 25.8. The summed E-state index contributed by atoms with van der Waals surface area (Å²) in [5.41, 5.74) is -1.63. The summed E-state index contributed by atoms with van der Waals surface area (Å²) in [7, 11) is -3.36. The van der Waals surface area contributed by atoms with Crippen LogP contribution in [0, 0.1) is 17.2 Å². The normalized spacial score (nSPS) is 25.0. The summed E-state index contributed by atoms with van der Waals surface area (Å²) < 4.78 is 43.0. The molecule has 1 N–H and O–H groups in total. The van der Waals surface area contributed by atoms with Crippen molar-refractivity contribution in [3.05, 3.63) is 45.8 Å². The van der Waals surface area contributed by atoms with E-state index < -0.39 is 62.6 Å². The third kappa shape index (κ3) is 6.45. The number of thioether (sulfide) groups is 1. The second-order valence-electron chi connectivity index (χ2n) is 14.7. The minimum atomic E-state index is -1.87. The van der Waals surface area contributed by atoms with E-state index >= 15 is 8.78 Å². The van der Waals surface area contributed by atoms with E-state index in [1.54, 1.807) is 12.1 Å². The molecule has 4 rings (SSSR count). The number of aromatic nitrogens is 1. The molecule has 13 heteroatoms. The van der Waals surface area contributed by atoms with Crippen molar-refractivity contribution in [3.8, 4) is 0 Å². The summed E-state index contributed by atoms with van der Waals surface area (Å²) in [6.07, 6.45) is -1.75. The molecule has 0 bridgehead atoms. The second kappa shape index (κ2) is 11.4. The smallest absolute Gasteiger partial charge is 0.415 e. The number of carbonyl (C=O) groups is 1. The number of alkyl halides is 1. The van der Waals surface area contributed by atoms with Crippen molar-refractivity contribution in [1.82, 2.24) is 10.1 Å². The molecule has 42 heavy (non-hydrogen) atoms. The second-order valence-corrected chi connectivity index (χ2v) is 27.5. The fourth-order valence-electron chi connectivity index (χ4n) is 5.36. The van der Waals surface area contributed by atoms with E-state index in [1.165, 1.54) is 17.8 Å². The topological polar surface area (TPSA) is 88.2 Å². The SMILES string of the molecule is CC(C)(C)C(OCC[Si](C)(C)C)N(C(=O)O)C1=N[C@](CF)(c2cc(Br)ccc2F)[C@@H]2C[C@]2(c2cc([Si](C)(C)C)on2)S1. The largest absolute Gasteiger partial charge is 0.465 e. The van der Waals surface area contributed by atoms with Gasteiger partial charge in [0.2, 0.25) is 0 Å². The Labute approximate surface area is 262 Å². The van der Waals surface area contributed by atoms with Crippen LogP contribution in [0.2, 0.25) is 45.3 Å². The van der Waals surface area contributed by atoms with Crippen molar-refractivity contribution in [3.63, 3.8) is 0 Å². The number of hydrogen-bond donors (Lipinski definition) is 1. The van der Waals surface area contributed by atoms with Crippen LogP contribution in [-0.4, -0.2) is 62.1 Å². The van der Waals surface area contributed by atoms with E-state index in [4.69, 9.17) is 14.3 Å².